The molecule has 0 spiro atoms. The Hall–Kier alpha value is -2.89. The van der Waals surface area contributed by atoms with Crippen LogP contribution in [0.4, 0.5) is 5.82 Å². The number of hydrogen-bond donors (Lipinski definition) is 1. The van der Waals surface area contributed by atoms with Crippen molar-refractivity contribution in [2.45, 2.75) is 38.3 Å². The Labute approximate surface area is 146 Å². The summed E-state index contributed by atoms with van der Waals surface area (Å²) in [6.45, 7) is 0.647. The Morgan fingerprint density at radius 1 is 1.12 bits per heavy atom. The fourth-order valence-electron chi connectivity index (χ4n) is 3.38. The van der Waals surface area contributed by atoms with Crippen LogP contribution in [0.15, 0.2) is 55.0 Å². The molecule has 1 saturated carbocycles. The van der Waals surface area contributed by atoms with Gasteiger partial charge in [-0.3, -0.25) is 9.48 Å². The van der Waals surface area contributed by atoms with E-state index in [4.69, 9.17) is 0 Å². The Kier molecular flexibility index (Phi) is 4.33. The lowest BCUT2D eigenvalue weighted by atomic mass is 10.2. The zero-order chi connectivity index (χ0) is 17.1. The number of amides is 1. The van der Waals surface area contributed by atoms with Crippen LogP contribution in [0.2, 0.25) is 0 Å². The molecule has 1 amide bonds. The monoisotopic (exact) mass is 335 g/mol. The van der Waals surface area contributed by atoms with Gasteiger partial charge in [-0.1, -0.05) is 43.2 Å². The fraction of sp³-hybridized carbons (Fsp3) is 0.316. The number of rotatable bonds is 5. The molecule has 0 bridgehead atoms. The molecule has 0 aliphatic heterocycles. The fourth-order valence-corrected chi connectivity index (χ4v) is 3.38. The molecule has 0 unspecified atom stereocenters. The van der Waals surface area contributed by atoms with Gasteiger partial charge in [0.25, 0.3) is 5.91 Å². The van der Waals surface area contributed by atoms with Crippen LogP contribution in [0.3, 0.4) is 0 Å². The molecule has 1 aromatic carbocycles. The van der Waals surface area contributed by atoms with Gasteiger partial charge >= 0.3 is 0 Å². The second-order valence-electron chi connectivity index (χ2n) is 6.47. The number of hydrogen-bond acceptors (Lipinski definition) is 3. The summed E-state index contributed by atoms with van der Waals surface area (Å²) in [4.78, 5) is 12.5. The molecule has 6 heteroatoms. The largest absolute Gasteiger partial charge is 0.307 e. The summed E-state index contributed by atoms with van der Waals surface area (Å²) in [6.07, 6.45) is 9.83. The zero-order valence-corrected chi connectivity index (χ0v) is 14.0. The van der Waals surface area contributed by atoms with Crippen molar-refractivity contribution in [2.24, 2.45) is 0 Å². The number of carbonyl (C=O) groups is 1. The first-order valence-corrected chi connectivity index (χ1v) is 8.71. The van der Waals surface area contributed by atoms with Gasteiger partial charge in [-0.25, -0.2) is 4.68 Å². The Balaban J connectivity index is 1.44. The maximum Gasteiger partial charge on any atom is 0.259 e. The number of nitrogens with one attached hydrogen (secondary N) is 1. The molecule has 1 N–H and O–H groups in total. The summed E-state index contributed by atoms with van der Waals surface area (Å²) in [5.41, 5.74) is 1.70. The first kappa shape index (κ1) is 15.6. The molecule has 128 valence electrons. The quantitative estimate of drug-likeness (QED) is 0.776. The van der Waals surface area contributed by atoms with Crippen molar-refractivity contribution in [2.75, 3.05) is 5.32 Å². The van der Waals surface area contributed by atoms with Gasteiger partial charge in [-0.2, -0.15) is 10.2 Å². The molecule has 2 heterocycles. The van der Waals surface area contributed by atoms with E-state index in [1.54, 1.807) is 23.3 Å². The lowest BCUT2D eigenvalue weighted by molar-refractivity contribution is 0.102. The molecule has 6 nitrogen and oxygen atoms in total. The first-order valence-electron chi connectivity index (χ1n) is 8.71. The standard InChI is InChI=1S/C19H21N5O/c25-19(22-18-10-11-20-24(18)17-8-4-5-9-17)16-12-21-23(14-16)13-15-6-2-1-3-7-15/h1-3,6-7,10-12,14,17H,4-5,8-9,13H2,(H,22,25). The molecule has 0 atom stereocenters. The first-order chi connectivity index (χ1) is 12.3. The van der Waals surface area contributed by atoms with Crippen LogP contribution in [-0.4, -0.2) is 25.5 Å². The number of nitrogens with zero attached hydrogens (tertiary/aromatic N) is 4. The van der Waals surface area contributed by atoms with Gasteiger partial charge in [-0.15, -0.1) is 0 Å². The summed E-state index contributed by atoms with van der Waals surface area (Å²) in [7, 11) is 0. The molecule has 0 radical (unpaired) electrons. The van der Waals surface area contributed by atoms with Crippen LogP contribution in [0.25, 0.3) is 0 Å². The average molecular weight is 335 g/mol. The molecule has 3 aromatic rings. The highest BCUT2D eigenvalue weighted by Crippen LogP contribution is 2.31. The van der Waals surface area contributed by atoms with Crippen molar-refractivity contribution in [3.63, 3.8) is 0 Å². The number of carbonyl (C=O) groups excluding carboxylic acids is 1. The van der Waals surface area contributed by atoms with E-state index < -0.39 is 0 Å². The molecule has 2 aromatic heterocycles. The lowest BCUT2D eigenvalue weighted by Gasteiger charge is -2.14. The van der Waals surface area contributed by atoms with Crippen LogP contribution in [0, 0.1) is 0 Å². The van der Waals surface area contributed by atoms with E-state index in [1.165, 1.54) is 12.8 Å². The minimum atomic E-state index is -0.154. The number of aromatic nitrogens is 4. The second kappa shape index (κ2) is 6.93. The predicted octanol–water partition coefficient (Wildman–Crippen LogP) is 3.50. The van der Waals surface area contributed by atoms with Crippen LogP contribution >= 0.6 is 0 Å². The van der Waals surface area contributed by atoms with Gasteiger partial charge in [0.1, 0.15) is 5.82 Å². The van der Waals surface area contributed by atoms with Crippen molar-refractivity contribution in [3.8, 4) is 0 Å². The molecular formula is C19H21N5O. The predicted molar refractivity (Wildman–Crippen MR) is 95.5 cm³/mol. The lowest BCUT2D eigenvalue weighted by Crippen LogP contribution is -2.17. The number of anilines is 1. The minimum absolute atomic E-state index is 0.154. The zero-order valence-electron chi connectivity index (χ0n) is 14.0. The molecule has 1 aliphatic rings. The average Bonchev–Trinajstić information content (AvgIpc) is 3.37. The normalized spacial score (nSPS) is 14.7. The van der Waals surface area contributed by atoms with Gasteiger partial charge in [0.15, 0.2) is 0 Å². The van der Waals surface area contributed by atoms with Crippen LogP contribution in [0.1, 0.15) is 47.6 Å². The SMILES string of the molecule is O=C(Nc1ccnn1C1CCCC1)c1cnn(Cc2ccccc2)c1. The smallest absolute Gasteiger partial charge is 0.259 e. The Bertz CT molecular complexity index is 846. The van der Waals surface area contributed by atoms with Gasteiger partial charge < -0.3 is 5.32 Å². The van der Waals surface area contributed by atoms with E-state index in [9.17, 15) is 4.79 Å². The van der Waals surface area contributed by atoms with Crippen LogP contribution in [0.5, 0.6) is 0 Å². The van der Waals surface area contributed by atoms with Gasteiger partial charge in [0, 0.05) is 12.3 Å². The summed E-state index contributed by atoms with van der Waals surface area (Å²) in [6, 6.07) is 12.3. The third kappa shape index (κ3) is 3.47. The van der Waals surface area contributed by atoms with Crippen molar-refractivity contribution >= 4 is 11.7 Å². The number of benzene rings is 1. The molecule has 0 saturated heterocycles. The Morgan fingerprint density at radius 2 is 1.92 bits per heavy atom. The van der Waals surface area contributed by atoms with Crippen molar-refractivity contribution in [1.82, 2.24) is 19.6 Å². The summed E-state index contributed by atoms with van der Waals surface area (Å²) in [5.74, 6) is 0.603. The maximum atomic E-state index is 12.5. The van der Waals surface area contributed by atoms with E-state index in [0.717, 1.165) is 24.2 Å². The van der Waals surface area contributed by atoms with Crippen molar-refractivity contribution in [1.29, 1.82) is 0 Å². The summed E-state index contributed by atoms with van der Waals surface area (Å²) < 4.78 is 3.72. The van der Waals surface area contributed by atoms with Gasteiger partial charge in [0.2, 0.25) is 0 Å². The van der Waals surface area contributed by atoms with Crippen LogP contribution in [-0.2, 0) is 6.54 Å². The van der Waals surface area contributed by atoms with Crippen LogP contribution < -0.4 is 5.32 Å². The summed E-state index contributed by atoms with van der Waals surface area (Å²) >= 11 is 0. The third-order valence-electron chi connectivity index (χ3n) is 4.67. The molecule has 25 heavy (non-hydrogen) atoms. The molecule has 1 aliphatic carbocycles. The highest BCUT2D eigenvalue weighted by molar-refractivity contribution is 6.03. The van der Waals surface area contributed by atoms with E-state index in [1.807, 2.05) is 41.1 Å². The van der Waals surface area contributed by atoms with Crippen molar-refractivity contribution in [3.05, 3.63) is 66.1 Å². The molecule has 1 fully saturated rings. The molecular weight excluding hydrogens is 314 g/mol. The highest BCUT2D eigenvalue weighted by Gasteiger charge is 2.21. The topological polar surface area (TPSA) is 64.7 Å². The van der Waals surface area contributed by atoms with Gasteiger partial charge in [0.05, 0.1) is 30.5 Å². The van der Waals surface area contributed by atoms with E-state index >= 15 is 0 Å². The van der Waals surface area contributed by atoms with Gasteiger partial charge in [-0.05, 0) is 18.4 Å². The van der Waals surface area contributed by atoms with E-state index in [2.05, 4.69) is 15.5 Å². The second-order valence-corrected chi connectivity index (χ2v) is 6.47. The van der Waals surface area contributed by atoms with Crippen molar-refractivity contribution < 1.29 is 4.79 Å². The van der Waals surface area contributed by atoms with E-state index in [-0.39, 0.29) is 5.91 Å². The minimum Gasteiger partial charge on any atom is -0.307 e. The highest BCUT2D eigenvalue weighted by atomic mass is 16.1. The Morgan fingerprint density at radius 3 is 2.72 bits per heavy atom. The summed E-state index contributed by atoms with van der Waals surface area (Å²) in [5, 5.41) is 11.7. The molecule has 4 rings (SSSR count). The maximum absolute atomic E-state index is 12.5. The third-order valence-corrected chi connectivity index (χ3v) is 4.67. The van der Waals surface area contributed by atoms with E-state index in [0.29, 0.717) is 18.2 Å².